The van der Waals surface area contributed by atoms with E-state index in [4.69, 9.17) is 16.3 Å². The van der Waals surface area contributed by atoms with Crippen LogP contribution in [0.3, 0.4) is 0 Å². The summed E-state index contributed by atoms with van der Waals surface area (Å²) < 4.78 is 6.66. The number of hydrogen-bond acceptors (Lipinski definition) is 3. The second kappa shape index (κ2) is 6.21. The molecule has 0 N–H and O–H groups in total. The summed E-state index contributed by atoms with van der Waals surface area (Å²) in [7, 11) is 0. The molecule has 2 aromatic carbocycles. The highest BCUT2D eigenvalue weighted by Gasteiger charge is 2.10. The summed E-state index contributed by atoms with van der Waals surface area (Å²) in [6.07, 6.45) is 0. The molecular formula is C13H9ClINO3. The van der Waals surface area contributed by atoms with Crippen molar-refractivity contribution in [1.29, 1.82) is 0 Å². The summed E-state index contributed by atoms with van der Waals surface area (Å²) in [6.45, 7) is 0.196. The molecule has 0 aliphatic rings. The molecule has 0 aliphatic carbocycles. The van der Waals surface area contributed by atoms with Gasteiger partial charge in [0.2, 0.25) is 0 Å². The fourth-order valence-electron chi connectivity index (χ4n) is 1.48. The van der Waals surface area contributed by atoms with E-state index in [1.165, 1.54) is 18.2 Å². The molecule has 6 heteroatoms. The molecule has 0 radical (unpaired) electrons. The molecule has 4 nitrogen and oxygen atoms in total. The summed E-state index contributed by atoms with van der Waals surface area (Å²) in [6, 6.07) is 11.8. The van der Waals surface area contributed by atoms with Crippen LogP contribution >= 0.6 is 34.2 Å². The van der Waals surface area contributed by atoms with Crippen molar-refractivity contribution < 1.29 is 9.66 Å². The fourth-order valence-corrected chi connectivity index (χ4v) is 2.01. The van der Waals surface area contributed by atoms with Crippen LogP contribution in [-0.4, -0.2) is 4.92 Å². The zero-order chi connectivity index (χ0) is 13.8. The van der Waals surface area contributed by atoms with Gasteiger partial charge in [-0.1, -0.05) is 11.6 Å². The van der Waals surface area contributed by atoms with Crippen molar-refractivity contribution in [2.75, 3.05) is 0 Å². The first-order valence-corrected chi connectivity index (χ1v) is 6.83. The molecule has 0 fully saturated rings. The number of benzene rings is 2. The minimum atomic E-state index is -0.454. The topological polar surface area (TPSA) is 52.4 Å². The minimum Gasteiger partial charge on any atom is -0.489 e. The quantitative estimate of drug-likeness (QED) is 0.441. The second-order valence-electron chi connectivity index (χ2n) is 3.78. The molecule has 0 bridgehead atoms. The van der Waals surface area contributed by atoms with E-state index >= 15 is 0 Å². The van der Waals surface area contributed by atoms with Crippen LogP contribution in [0, 0.1) is 13.7 Å². The van der Waals surface area contributed by atoms with Gasteiger partial charge in [0.15, 0.2) is 0 Å². The normalized spacial score (nSPS) is 10.2. The molecule has 2 aromatic rings. The Kier molecular flexibility index (Phi) is 4.60. The van der Waals surface area contributed by atoms with Gasteiger partial charge in [-0.3, -0.25) is 10.1 Å². The Morgan fingerprint density at radius 1 is 1.21 bits per heavy atom. The Labute approximate surface area is 128 Å². The second-order valence-corrected chi connectivity index (χ2v) is 5.43. The molecule has 0 aromatic heterocycles. The molecule has 19 heavy (non-hydrogen) atoms. The number of nitro benzene ring substituents is 1. The summed E-state index contributed by atoms with van der Waals surface area (Å²) in [5.41, 5.74) is 0.597. The third kappa shape index (κ3) is 3.81. The molecule has 98 valence electrons. The lowest BCUT2D eigenvalue weighted by Crippen LogP contribution is -1.98. The van der Waals surface area contributed by atoms with Crippen LogP contribution < -0.4 is 4.74 Å². The molecule has 0 saturated heterocycles. The highest BCUT2D eigenvalue weighted by Crippen LogP contribution is 2.24. The molecule has 0 atom stereocenters. The van der Waals surface area contributed by atoms with Gasteiger partial charge in [-0.15, -0.1) is 0 Å². The zero-order valence-corrected chi connectivity index (χ0v) is 12.6. The van der Waals surface area contributed by atoms with E-state index in [1.54, 1.807) is 0 Å². The Hall–Kier alpha value is -1.34. The van der Waals surface area contributed by atoms with Gasteiger partial charge in [0.25, 0.3) is 5.69 Å². The maximum absolute atomic E-state index is 10.7. The fraction of sp³-hybridized carbons (Fsp3) is 0.0769. The third-order valence-electron chi connectivity index (χ3n) is 2.45. The van der Waals surface area contributed by atoms with Crippen molar-refractivity contribution in [3.8, 4) is 5.75 Å². The number of halogens is 2. The van der Waals surface area contributed by atoms with E-state index in [1.807, 2.05) is 24.3 Å². The van der Waals surface area contributed by atoms with Gasteiger partial charge in [-0.25, -0.2) is 0 Å². The third-order valence-corrected chi connectivity index (χ3v) is 3.54. The number of ether oxygens (including phenoxy) is 1. The van der Waals surface area contributed by atoms with Crippen LogP contribution in [0.4, 0.5) is 5.69 Å². The first-order chi connectivity index (χ1) is 9.06. The van der Waals surface area contributed by atoms with Gasteiger partial charge >= 0.3 is 0 Å². The largest absolute Gasteiger partial charge is 0.489 e. The van der Waals surface area contributed by atoms with Crippen LogP contribution in [0.5, 0.6) is 5.75 Å². The summed E-state index contributed by atoms with van der Waals surface area (Å²) in [5.74, 6) is 0.697. The van der Waals surface area contributed by atoms with E-state index in [0.29, 0.717) is 16.3 Å². The van der Waals surface area contributed by atoms with E-state index in [-0.39, 0.29) is 12.3 Å². The van der Waals surface area contributed by atoms with Gasteiger partial charge in [-0.2, -0.15) is 0 Å². The van der Waals surface area contributed by atoms with Crippen molar-refractivity contribution >= 4 is 39.9 Å². The Bertz CT molecular complexity index is 601. The monoisotopic (exact) mass is 389 g/mol. The lowest BCUT2D eigenvalue weighted by atomic mass is 10.2. The van der Waals surface area contributed by atoms with Gasteiger partial charge in [0.05, 0.1) is 4.92 Å². The van der Waals surface area contributed by atoms with E-state index in [0.717, 1.165) is 3.57 Å². The number of nitro groups is 1. The number of hydrogen-bond donors (Lipinski definition) is 0. The Balaban J connectivity index is 2.12. The van der Waals surface area contributed by atoms with Crippen molar-refractivity contribution in [2.24, 2.45) is 0 Å². The predicted octanol–water partition coefficient (Wildman–Crippen LogP) is 4.43. The molecule has 0 amide bonds. The Morgan fingerprint density at radius 3 is 2.53 bits per heavy atom. The van der Waals surface area contributed by atoms with E-state index in [2.05, 4.69) is 22.6 Å². The lowest BCUT2D eigenvalue weighted by molar-refractivity contribution is -0.384. The molecule has 0 unspecified atom stereocenters. The van der Waals surface area contributed by atoms with Crippen molar-refractivity contribution in [3.63, 3.8) is 0 Å². The van der Waals surface area contributed by atoms with Crippen LogP contribution in [0.2, 0.25) is 5.02 Å². The molecule has 0 aliphatic heterocycles. The number of non-ortho nitro benzene ring substituents is 1. The summed E-state index contributed by atoms with van der Waals surface area (Å²) in [5, 5.41) is 11.2. The van der Waals surface area contributed by atoms with E-state index < -0.39 is 4.92 Å². The maximum atomic E-state index is 10.7. The first kappa shape index (κ1) is 14.1. The molecule has 0 saturated carbocycles. The van der Waals surface area contributed by atoms with Gasteiger partial charge in [0.1, 0.15) is 12.4 Å². The highest BCUT2D eigenvalue weighted by atomic mass is 127. The number of rotatable bonds is 4. The molecular weight excluding hydrogens is 381 g/mol. The minimum absolute atomic E-state index is 0.00519. The summed E-state index contributed by atoms with van der Waals surface area (Å²) >= 11 is 8.19. The average Bonchev–Trinajstić information content (AvgIpc) is 2.39. The number of nitrogens with zero attached hydrogens (tertiary/aromatic N) is 1. The van der Waals surface area contributed by atoms with Crippen LogP contribution in [0.25, 0.3) is 0 Å². The maximum Gasteiger partial charge on any atom is 0.269 e. The first-order valence-electron chi connectivity index (χ1n) is 5.37. The van der Waals surface area contributed by atoms with Gasteiger partial charge in [-0.05, 0) is 52.9 Å². The van der Waals surface area contributed by atoms with Crippen molar-refractivity contribution in [2.45, 2.75) is 6.61 Å². The van der Waals surface area contributed by atoms with Crippen LogP contribution in [0.15, 0.2) is 42.5 Å². The average molecular weight is 390 g/mol. The van der Waals surface area contributed by atoms with Crippen LogP contribution in [0.1, 0.15) is 5.56 Å². The lowest BCUT2D eigenvalue weighted by Gasteiger charge is -2.07. The van der Waals surface area contributed by atoms with Crippen LogP contribution in [-0.2, 0) is 6.61 Å². The van der Waals surface area contributed by atoms with E-state index in [9.17, 15) is 10.1 Å². The Morgan fingerprint density at radius 2 is 1.89 bits per heavy atom. The standard InChI is InChI=1S/C13H9ClINO3/c14-13-6-3-11(16(17)18)7-9(13)8-19-12-4-1-10(15)2-5-12/h1-7H,8H2. The van der Waals surface area contributed by atoms with Gasteiger partial charge < -0.3 is 4.74 Å². The zero-order valence-electron chi connectivity index (χ0n) is 9.68. The molecule has 0 spiro atoms. The molecule has 0 heterocycles. The smallest absolute Gasteiger partial charge is 0.269 e. The van der Waals surface area contributed by atoms with Crippen molar-refractivity contribution in [1.82, 2.24) is 0 Å². The highest BCUT2D eigenvalue weighted by molar-refractivity contribution is 14.1. The summed E-state index contributed by atoms with van der Waals surface area (Å²) in [4.78, 5) is 10.2. The van der Waals surface area contributed by atoms with Crippen molar-refractivity contribution in [3.05, 3.63) is 66.7 Å². The molecule has 2 rings (SSSR count). The predicted molar refractivity (Wildman–Crippen MR) is 81.6 cm³/mol. The van der Waals surface area contributed by atoms with Gasteiger partial charge in [0, 0.05) is 26.3 Å². The SMILES string of the molecule is O=[N+]([O-])c1ccc(Cl)c(COc2ccc(I)cc2)c1.